The maximum absolute atomic E-state index is 12.9. The van der Waals surface area contributed by atoms with Gasteiger partial charge in [-0.15, -0.1) is 0 Å². The fraction of sp³-hybridized carbons (Fsp3) is 0.308. The summed E-state index contributed by atoms with van der Waals surface area (Å²) in [6.07, 6.45) is 2.41. The van der Waals surface area contributed by atoms with Crippen LogP contribution in [0.2, 0.25) is 0 Å². The average Bonchev–Trinajstić information content (AvgIpc) is 2.80. The Bertz CT molecular complexity index is 1040. The van der Waals surface area contributed by atoms with E-state index in [1.807, 2.05) is 73.7 Å². The molecule has 3 rings (SSSR count). The molecule has 0 saturated carbocycles. The molecule has 0 aliphatic carbocycles. The number of nitrogens with two attached hydrogens (primary N) is 2. The second-order valence-electron chi connectivity index (χ2n) is 8.15. The number of nitrogens with one attached hydrogen (secondary N) is 2. The van der Waals surface area contributed by atoms with E-state index in [0.717, 1.165) is 34.7 Å². The maximum Gasteiger partial charge on any atom is 0.246 e. The predicted octanol–water partition coefficient (Wildman–Crippen LogP) is 3.27. The van der Waals surface area contributed by atoms with Crippen molar-refractivity contribution in [3.05, 3.63) is 77.9 Å². The minimum atomic E-state index is -0.759. The van der Waals surface area contributed by atoms with Gasteiger partial charge in [0, 0.05) is 5.69 Å². The molecule has 168 valence electrons. The fourth-order valence-electron chi connectivity index (χ4n) is 3.71. The Balaban J connectivity index is 1.67. The Morgan fingerprint density at radius 2 is 1.62 bits per heavy atom. The van der Waals surface area contributed by atoms with Crippen molar-refractivity contribution in [1.82, 2.24) is 5.32 Å². The molecule has 6 nitrogen and oxygen atoms in total. The van der Waals surface area contributed by atoms with E-state index in [9.17, 15) is 9.59 Å². The highest BCUT2D eigenvalue weighted by molar-refractivity contribution is 5.98. The number of unbranched alkanes of at least 4 members (excludes halogenated alkanes) is 1. The summed E-state index contributed by atoms with van der Waals surface area (Å²) in [4.78, 5) is 25.8. The van der Waals surface area contributed by atoms with E-state index in [-0.39, 0.29) is 11.8 Å². The molecule has 0 spiro atoms. The molecule has 0 saturated heterocycles. The van der Waals surface area contributed by atoms with Crippen LogP contribution in [0.25, 0.3) is 10.8 Å². The van der Waals surface area contributed by atoms with E-state index in [0.29, 0.717) is 25.1 Å². The largest absolute Gasteiger partial charge is 0.343 e. The Hall–Kier alpha value is -3.22. The van der Waals surface area contributed by atoms with Crippen LogP contribution in [-0.2, 0) is 16.0 Å². The quantitative estimate of drug-likeness (QED) is 0.369. The van der Waals surface area contributed by atoms with Gasteiger partial charge in [-0.2, -0.15) is 0 Å². The average molecular weight is 433 g/mol. The molecule has 32 heavy (non-hydrogen) atoms. The first-order valence-corrected chi connectivity index (χ1v) is 11.1. The first-order valence-electron chi connectivity index (χ1n) is 11.1. The predicted molar refractivity (Wildman–Crippen MR) is 130 cm³/mol. The van der Waals surface area contributed by atoms with Crippen molar-refractivity contribution in [2.24, 2.45) is 11.5 Å². The van der Waals surface area contributed by atoms with Crippen LogP contribution in [-0.4, -0.2) is 30.4 Å². The molecule has 0 aliphatic heterocycles. The van der Waals surface area contributed by atoms with Crippen LogP contribution in [0.15, 0.2) is 66.7 Å². The van der Waals surface area contributed by atoms with Crippen molar-refractivity contribution in [2.75, 3.05) is 11.9 Å². The molecule has 0 heterocycles. The second-order valence-corrected chi connectivity index (χ2v) is 8.15. The minimum Gasteiger partial charge on any atom is -0.343 e. The molecule has 6 heteroatoms. The van der Waals surface area contributed by atoms with Gasteiger partial charge in [0.15, 0.2) is 0 Å². The highest BCUT2D eigenvalue weighted by atomic mass is 16.2. The number of rotatable bonds is 10. The summed E-state index contributed by atoms with van der Waals surface area (Å²) in [6.45, 7) is 2.53. The van der Waals surface area contributed by atoms with E-state index >= 15 is 0 Å². The minimum absolute atomic E-state index is 0.253. The number of hydrogen-bond donors (Lipinski definition) is 4. The number of anilines is 1. The standard InChI is InChI=1S/C26H32N4O2/c1-18-12-14-21(15-13-18)29-26(32)24(11-4-5-16-27)30-25(31)23(28)17-20-9-6-8-19-7-2-3-10-22(19)20/h2-3,6-10,12-15,23-24H,4-5,11,16-17,27-28H2,1H3,(H,29,32)(H,30,31). The number of amides is 2. The Morgan fingerprint density at radius 3 is 2.38 bits per heavy atom. The lowest BCUT2D eigenvalue weighted by Crippen LogP contribution is -2.50. The Kier molecular flexibility index (Phi) is 8.36. The summed E-state index contributed by atoms with van der Waals surface area (Å²) in [7, 11) is 0. The van der Waals surface area contributed by atoms with E-state index in [2.05, 4.69) is 10.6 Å². The molecule has 3 aromatic rings. The van der Waals surface area contributed by atoms with Crippen molar-refractivity contribution in [2.45, 2.75) is 44.7 Å². The monoisotopic (exact) mass is 432 g/mol. The molecular weight excluding hydrogens is 400 g/mol. The first kappa shape index (κ1) is 23.4. The van der Waals surface area contributed by atoms with Crippen molar-refractivity contribution in [3.63, 3.8) is 0 Å². The van der Waals surface area contributed by atoms with Gasteiger partial charge in [-0.1, -0.05) is 60.2 Å². The van der Waals surface area contributed by atoms with Crippen molar-refractivity contribution in [3.8, 4) is 0 Å². The van der Waals surface area contributed by atoms with Gasteiger partial charge in [0.05, 0.1) is 6.04 Å². The Labute approximate surface area is 189 Å². The maximum atomic E-state index is 12.9. The van der Waals surface area contributed by atoms with Gasteiger partial charge in [0.1, 0.15) is 6.04 Å². The first-order chi connectivity index (χ1) is 15.5. The van der Waals surface area contributed by atoms with Gasteiger partial charge in [0.2, 0.25) is 11.8 Å². The molecule has 0 aromatic heterocycles. The summed E-state index contributed by atoms with van der Waals surface area (Å²) in [6, 6.07) is 20.1. The molecule has 6 N–H and O–H groups in total. The molecule has 0 radical (unpaired) electrons. The van der Waals surface area contributed by atoms with Gasteiger partial charge < -0.3 is 22.1 Å². The summed E-state index contributed by atoms with van der Waals surface area (Å²) < 4.78 is 0. The van der Waals surface area contributed by atoms with Crippen LogP contribution in [0.5, 0.6) is 0 Å². The summed E-state index contributed by atoms with van der Waals surface area (Å²) in [5.41, 5.74) is 14.7. The van der Waals surface area contributed by atoms with Crippen LogP contribution in [0.3, 0.4) is 0 Å². The third-order valence-electron chi connectivity index (χ3n) is 5.56. The smallest absolute Gasteiger partial charge is 0.246 e. The normalized spacial score (nSPS) is 12.8. The number of carbonyl (C=O) groups excluding carboxylic acids is 2. The Morgan fingerprint density at radius 1 is 0.906 bits per heavy atom. The van der Waals surface area contributed by atoms with Crippen LogP contribution >= 0.6 is 0 Å². The molecule has 3 aromatic carbocycles. The molecule has 0 fully saturated rings. The lowest BCUT2D eigenvalue weighted by molar-refractivity contribution is -0.127. The van der Waals surface area contributed by atoms with Gasteiger partial charge in [-0.05, 0) is 67.6 Å². The molecule has 0 bridgehead atoms. The van der Waals surface area contributed by atoms with Gasteiger partial charge >= 0.3 is 0 Å². The van der Waals surface area contributed by atoms with Crippen molar-refractivity contribution < 1.29 is 9.59 Å². The fourth-order valence-corrected chi connectivity index (χ4v) is 3.71. The van der Waals surface area contributed by atoms with E-state index in [1.165, 1.54) is 0 Å². The van der Waals surface area contributed by atoms with E-state index in [4.69, 9.17) is 11.5 Å². The zero-order valence-electron chi connectivity index (χ0n) is 18.5. The molecule has 2 atom stereocenters. The third kappa shape index (κ3) is 6.39. The lowest BCUT2D eigenvalue weighted by Gasteiger charge is -2.21. The SMILES string of the molecule is Cc1ccc(NC(=O)C(CCCCN)NC(=O)C(N)Cc2cccc3ccccc23)cc1. The summed E-state index contributed by atoms with van der Waals surface area (Å²) >= 11 is 0. The van der Waals surface area contributed by atoms with Crippen LogP contribution in [0, 0.1) is 6.92 Å². The number of aryl methyl sites for hydroxylation is 1. The van der Waals surface area contributed by atoms with Crippen LogP contribution in [0.4, 0.5) is 5.69 Å². The highest BCUT2D eigenvalue weighted by Crippen LogP contribution is 2.19. The zero-order valence-corrected chi connectivity index (χ0v) is 18.5. The molecule has 2 unspecified atom stereocenters. The number of fused-ring (bicyclic) bond motifs is 1. The lowest BCUT2D eigenvalue weighted by atomic mass is 9.98. The zero-order chi connectivity index (χ0) is 22.9. The third-order valence-corrected chi connectivity index (χ3v) is 5.56. The van der Waals surface area contributed by atoms with E-state index in [1.54, 1.807) is 0 Å². The van der Waals surface area contributed by atoms with Gasteiger partial charge in [-0.25, -0.2) is 0 Å². The van der Waals surface area contributed by atoms with Crippen LogP contribution in [0.1, 0.15) is 30.4 Å². The van der Waals surface area contributed by atoms with Crippen molar-refractivity contribution >= 4 is 28.3 Å². The molecule has 2 amide bonds. The molecule has 0 aliphatic rings. The van der Waals surface area contributed by atoms with Gasteiger partial charge in [-0.3, -0.25) is 9.59 Å². The van der Waals surface area contributed by atoms with Crippen LogP contribution < -0.4 is 22.1 Å². The van der Waals surface area contributed by atoms with Crippen molar-refractivity contribution in [1.29, 1.82) is 0 Å². The highest BCUT2D eigenvalue weighted by Gasteiger charge is 2.24. The number of benzene rings is 3. The number of carbonyl (C=O) groups is 2. The second kappa shape index (κ2) is 11.4. The summed E-state index contributed by atoms with van der Waals surface area (Å²) in [5.74, 6) is -0.591. The van der Waals surface area contributed by atoms with Gasteiger partial charge in [0.25, 0.3) is 0 Å². The topological polar surface area (TPSA) is 110 Å². The van der Waals surface area contributed by atoms with E-state index < -0.39 is 12.1 Å². The number of hydrogen-bond acceptors (Lipinski definition) is 4. The summed E-state index contributed by atoms with van der Waals surface area (Å²) in [5, 5.41) is 7.93. The molecular formula is C26H32N4O2.